The Morgan fingerprint density at radius 1 is 1.33 bits per heavy atom. The van der Waals surface area contributed by atoms with Crippen molar-refractivity contribution in [1.82, 2.24) is 4.90 Å². The van der Waals surface area contributed by atoms with E-state index in [0.29, 0.717) is 18.7 Å². The number of phenols is 1. The highest BCUT2D eigenvalue weighted by Gasteiger charge is 2.24. The molecule has 0 aliphatic carbocycles. The molecule has 1 aromatic carbocycles. The van der Waals surface area contributed by atoms with Crippen molar-refractivity contribution < 1.29 is 18.6 Å². The molecule has 0 saturated carbocycles. The second-order valence-electron chi connectivity index (χ2n) is 4.83. The van der Waals surface area contributed by atoms with Gasteiger partial charge in [0.1, 0.15) is 0 Å². The van der Waals surface area contributed by atoms with Gasteiger partial charge in [0.2, 0.25) is 0 Å². The minimum Gasteiger partial charge on any atom is -0.503 e. The summed E-state index contributed by atoms with van der Waals surface area (Å²) in [5.74, 6) is -2.75. The molecule has 100 valence electrons. The lowest BCUT2D eigenvalue weighted by Crippen LogP contribution is -2.46. The van der Waals surface area contributed by atoms with Crippen LogP contribution in [0.1, 0.15) is 19.4 Å². The minimum absolute atomic E-state index is 0.119. The monoisotopic (exact) mass is 257 g/mol. The molecule has 1 aliphatic heterocycles. The Labute approximate surface area is 105 Å². The van der Waals surface area contributed by atoms with Gasteiger partial charge in [-0.15, -0.1) is 0 Å². The van der Waals surface area contributed by atoms with Gasteiger partial charge in [-0.05, 0) is 31.5 Å². The average Bonchev–Trinajstić information content (AvgIpc) is 2.31. The molecule has 1 aliphatic rings. The van der Waals surface area contributed by atoms with E-state index in [9.17, 15) is 8.78 Å². The van der Waals surface area contributed by atoms with Gasteiger partial charge in [-0.2, -0.15) is 0 Å². The quantitative estimate of drug-likeness (QED) is 0.882. The number of halogens is 2. The third-order valence-corrected chi connectivity index (χ3v) is 3.20. The van der Waals surface area contributed by atoms with Crippen molar-refractivity contribution in [3.63, 3.8) is 0 Å². The zero-order chi connectivity index (χ0) is 13.3. The number of morpholine rings is 1. The summed E-state index contributed by atoms with van der Waals surface area (Å²) in [6.07, 6.45) is 0.119. The molecule has 1 heterocycles. The first-order valence-corrected chi connectivity index (χ1v) is 6.00. The fourth-order valence-corrected chi connectivity index (χ4v) is 2.14. The van der Waals surface area contributed by atoms with E-state index in [2.05, 4.69) is 4.90 Å². The van der Waals surface area contributed by atoms with E-state index in [4.69, 9.17) is 9.84 Å². The van der Waals surface area contributed by atoms with Crippen molar-refractivity contribution in [1.29, 1.82) is 0 Å². The molecule has 2 atom stereocenters. The third kappa shape index (κ3) is 2.79. The van der Waals surface area contributed by atoms with Crippen LogP contribution in [0.15, 0.2) is 12.1 Å². The molecule has 2 unspecified atom stereocenters. The van der Waals surface area contributed by atoms with E-state index < -0.39 is 17.4 Å². The van der Waals surface area contributed by atoms with Gasteiger partial charge in [0.25, 0.3) is 0 Å². The number of aromatic hydroxyl groups is 1. The van der Waals surface area contributed by atoms with Crippen LogP contribution in [-0.4, -0.2) is 35.3 Å². The number of phenolic OH excluding ortho intramolecular Hbond substituents is 1. The summed E-state index contributed by atoms with van der Waals surface area (Å²) < 4.78 is 32.0. The Morgan fingerprint density at radius 3 is 2.56 bits per heavy atom. The number of ether oxygens (including phenoxy) is 1. The lowest BCUT2D eigenvalue weighted by Gasteiger charge is -2.36. The van der Waals surface area contributed by atoms with Crippen molar-refractivity contribution in [2.45, 2.75) is 32.5 Å². The van der Waals surface area contributed by atoms with Crippen molar-refractivity contribution >= 4 is 0 Å². The number of hydrogen-bond acceptors (Lipinski definition) is 3. The van der Waals surface area contributed by atoms with Gasteiger partial charge in [0.15, 0.2) is 17.4 Å². The fraction of sp³-hybridized carbons (Fsp3) is 0.538. The SMILES string of the molecule is CC1CN(Cc2cc(F)c(O)c(F)c2)C(C)CO1. The smallest absolute Gasteiger partial charge is 0.187 e. The summed E-state index contributed by atoms with van der Waals surface area (Å²) in [6, 6.07) is 2.55. The third-order valence-electron chi connectivity index (χ3n) is 3.20. The van der Waals surface area contributed by atoms with Crippen LogP contribution in [-0.2, 0) is 11.3 Å². The molecule has 3 nitrogen and oxygen atoms in total. The van der Waals surface area contributed by atoms with Gasteiger partial charge in [-0.1, -0.05) is 0 Å². The molecule has 0 radical (unpaired) electrons. The lowest BCUT2D eigenvalue weighted by atomic mass is 10.1. The van der Waals surface area contributed by atoms with Crippen LogP contribution in [0.2, 0.25) is 0 Å². The molecular formula is C13H17F2NO2. The Morgan fingerprint density at radius 2 is 1.94 bits per heavy atom. The highest BCUT2D eigenvalue weighted by molar-refractivity contribution is 5.30. The molecule has 5 heteroatoms. The second-order valence-corrected chi connectivity index (χ2v) is 4.83. The second kappa shape index (κ2) is 5.20. The largest absolute Gasteiger partial charge is 0.503 e. The number of hydrogen-bond donors (Lipinski definition) is 1. The Balaban J connectivity index is 2.13. The maximum atomic E-state index is 13.2. The topological polar surface area (TPSA) is 32.7 Å². The van der Waals surface area contributed by atoms with Crippen LogP contribution in [0.3, 0.4) is 0 Å². The fourth-order valence-electron chi connectivity index (χ4n) is 2.14. The maximum absolute atomic E-state index is 13.2. The molecular weight excluding hydrogens is 240 g/mol. The van der Waals surface area contributed by atoms with Crippen molar-refractivity contribution in [3.05, 3.63) is 29.3 Å². The summed E-state index contributed by atoms with van der Waals surface area (Å²) in [4.78, 5) is 2.11. The van der Waals surface area contributed by atoms with Crippen molar-refractivity contribution in [3.8, 4) is 5.75 Å². The number of benzene rings is 1. The Kier molecular flexibility index (Phi) is 3.82. The van der Waals surface area contributed by atoms with Crippen LogP contribution in [0, 0.1) is 11.6 Å². The standard InChI is InChI=1S/C13H17F2NO2/c1-8-7-18-9(2)5-16(8)6-10-3-11(14)13(17)12(15)4-10/h3-4,8-9,17H,5-7H2,1-2H3. The van der Waals surface area contributed by atoms with Gasteiger partial charge < -0.3 is 9.84 Å². The Bertz CT molecular complexity index is 416. The predicted octanol–water partition coefficient (Wildman–Crippen LogP) is 2.28. The van der Waals surface area contributed by atoms with Crippen LogP contribution < -0.4 is 0 Å². The summed E-state index contributed by atoms with van der Waals surface area (Å²) in [5, 5.41) is 9.05. The molecule has 0 bridgehead atoms. The molecule has 0 aromatic heterocycles. The summed E-state index contributed by atoms with van der Waals surface area (Å²) in [6.45, 7) is 5.77. The van der Waals surface area contributed by atoms with Gasteiger partial charge in [-0.3, -0.25) is 4.90 Å². The first kappa shape index (κ1) is 13.2. The molecule has 1 N–H and O–H groups in total. The average molecular weight is 257 g/mol. The minimum atomic E-state index is -0.918. The summed E-state index contributed by atoms with van der Waals surface area (Å²) in [5.41, 5.74) is 0.517. The van der Waals surface area contributed by atoms with Crippen LogP contribution in [0.25, 0.3) is 0 Å². The van der Waals surface area contributed by atoms with E-state index in [-0.39, 0.29) is 12.1 Å². The van der Waals surface area contributed by atoms with Crippen LogP contribution in [0.5, 0.6) is 5.75 Å². The molecule has 18 heavy (non-hydrogen) atoms. The highest BCUT2D eigenvalue weighted by Crippen LogP contribution is 2.23. The maximum Gasteiger partial charge on any atom is 0.187 e. The summed E-state index contributed by atoms with van der Waals surface area (Å²) >= 11 is 0. The van der Waals surface area contributed by atoms with Crippen molar-refractivity contribution in [2.75, 3.05) is 13.2 Å². The summed E-state index contributed by atoms with van der Waals surface area (Å²) in [7, 11) is 0. The zero-order valence-corrected chi connectivity index (χ0v) is 10.5. The molecule has 0 amide bonds. The number of rotatable bonds is 2. The zero-order valence-electron chi connectivity index (χ0n) is 10.5. The number of nitrogens with zero attached hydrogens (tertiary/aromatic N) is 1. The Hall–Kier alpha value is -1.20. The van der Waals surface area contributed by atoms with E-state index >= 15 is 0 Å². The first-order valence-electron chi connectivity index (χ1n) is 6.00. The lowest BCUT2D eigenvalue weighted by molar-refractivity contribution is -0.0527. The molecule has 2 rings (SSSR count). The normalized spacial score (nSPS) is 25.3. The van der Waals surface area contributed by atoms with Crippen LogP contribution in [0.4, 0.5) is 8.78 Å². The van der Waals surface area contributed by atoms with E-state index in [1.54, 1.807) is 0 Å². The molecule has 1 aromatic rings. The van der Waals surface area contributed by atoms with Gasteiger partial charge in [0, 0.05) is 19.1 Å². The van der Waals surface area contributed by atoms with Gasteiger partial charge >= 0.3 is 0 Å². The van der Waals surface area contributed by atoms with Crippen LogP contribution >= 0.6 is 0 Å². The van der Waals surface area contributed by atoms with Gasteiger partial charge in [0.05, 0.1) is 12.7 Å². The van der Waals surface area contributed by atoms with Crippen molar-refractivity contribution in [2.24, 2.45) is 0 Å². The van der Waals surface area contributed by atoms with E-state index in [1.165, 1.54) is 12.1 Å². The molecule has 1 fully saturated rings. The highest BCUT2D eigenvalue weighted by atomic mass is 19.1. The molecule has 1 saturated heterocycles. The molecule has 0 spiro atoms. The van der Waals surface area contributed by atoms with E-state index in [1.807, 2.05) is 13.8 Å². The predicted molar refractivity (Wildman–Crippen MR) is 63.3 cm³/mol. The van der Waals surface area contributed by atoms with Gasteiger partial charge in [-0.25, -0.2) is 8.78 Å². The first-order chi connectivity index (χ1) is 8.47. The van der Waals surface area contributed by atoms with E-state index in [0.717, 1.165) is 6.54 Å².